The van der Waals surface area contributed by atoms with Crippen molar-refractivity contribution in [2.24, 2.45) is 5.92 Å². The summed E-state index contributed by atoms with van der Waals surface area (Å²) in [5.41, 5.74) is 0.542. The van der Waals surface area contributed by atoms with E-state index in [0.29, 0.717) is 23.8 Å². The van der Waals surface area contributed by atoms with E-state index in [2.05, 4.69) is 23.9 Å². The van der Waals surface area contributed by atoms with E-state index in [0.717, 1.165) is 0 Å². The highest BCUT2D eigenvalue weighted by Gasteiger charge is 2.16. The van der Waals surface area contributed by atoms with Gasteiger partial charge in [0, 0.05) is 12.6 Å². The number of oxazole rings is 1. The Morgan fingerprint density at radius 3 is 2.87 bits per heavy atom. The zero-order chi connectivity index (χ0) is 16.6. The Hall–Kier alpha value is -2.97. The van der Waals surface area contributed by atoms with E-state index in [-0.39, 0.29) is 17.8 Å². The van der Waals surface area contributed by atoms with Crippen molar-refractivity contribution in [1.29, 1.82) is 0 Å². The van der Waals surface area contributed by atoms with E-state index in [1.54, 1.807) is 4.68 Å². The van der Waals surface area contributed by atoms with E-state index in [4.69, 9.17) is 4.42 Å². The fourth-order valence-electron chi connectivity index (χ4n) is 2.37. The Labute approximate surface area is 130 Å². The third-order valence-corrected chi connectivity index (χ3v) is 3.40. The van der Waals surface area contributed by atoms with Gasteiger partial charge in [-0.05, 0) is 12.0 Å². The van der Waals surface area contributed by atoms with Gasteiger partial charge in [0.15, 0.2) is 5.58 Å². The van der Waals surface area contributed by atoms with Crippen LogP contribution in [0.1, 0.15) is 19.7 Å². The summed E-state index contributed by atoms with van der Waals surface area (Å²) in [5, 5.41) is 15.0. The molecule has 9 nitrogen and oxygen atoms in total. The van der Waals surface area contributed by atoms with Crippen LogP contribution in [-0.4, -0.2) is 24.3 Å². The van der Waals surface area contributed by atoms with Crippen LogP contribution < -0.4 is 5.76 Å². The zero-order valence-corrected chi connectivity index (χ0v) is 12.7. The van der Waals surface area contributed by atoms with Crippen molar-refractivity contribution < 1.29 is 9.34 Å². The van der Waals surface area contributed by atoms with Crippen molar-refractivity contribution in [3.63, 3.8) is 0 Å². The molecule has 0 bridgehead atoms. The van der Waals surface area contributed by atoms with Gasteiger partial charge in [-0.15, -0.1) is 0 Å². The van der Waals surface area contributed by atoms with Gasteiger partial charge in [0.1, 0.15) is 12.2 Å². The molecule has 120 valence electrons. The summed E-state index contributed by atoms with van der Waals surface area (Å²) < 4.78 is 8.23. The fraction of sp³-hybridized carbons (Fsp3) is 0.357. The highest BCUT2D eigenvalue weighted by atomic mass is 16.6. The van der Waals surface area contributed by atoms with E-state index in [9.17, 15) is 14.9 Å². The number of rotatable bonds is 5. The molecular weight excluding hydrogens is 302 g/mol. The van der Waals surface area contributed by atoms with Crippen LogP contribution in [0.15, 0.2) is 33.7 Å². The van der Waals surface area contributed by atoms with E-state index in [1.165, 1.54) is 29.1 Å². The molecule has 0 aliphatic heterocycles. The molecule has 2 aromatic heterocycles. The lowest BCUT2D eigenvalue weighted by molar-refractivity contribution is -0.384. The minimum atomic E-state index is -0.584. The summed E-state index contributed by atoms with van der Waals surface area (Å²) in [6.07, 6.45) is 1.44. The maximum absolute atomic E-state index is 12.0. The normalized spacial score (nSPS) is 11.4. The highest BCUT2D eigenvalue weighted by Crippen LogP contribution is 2.20. The van der Waals surface area contributed by atoms with Gasteiger partial charge < -0.3 is 4.42 Å². The van der Waals surface area contributed by atoms with Gasteiger partial charge in [-0.1, -0.05) is 13.8 Å². The second kappa shape index (κ2) is 5.67. The number of nitrogens with zero attached hydrogens (tertiary/aromatic N) is 5. The average molecular weight is 317 g/mol. The molecule has 0 amide bonds. The molecule has 0 saturated heterocycles. The van der Waals surface area contributed by atoms with Crippen LogP contribution >= 0.6 is 0 Å². The smallest absolute Gasteiger partial charge is 0.407 e. The number of hydrogen-bond donors (Lipinski definition) is 0. The molecule has 0 spiro atoms. The first kappa shape index (κ1) is 14.9. The van der Waals surface area contributed by atoms with Gasteiger partial charge in [-0.2, -0.15) is 5.10 Å². The molecule has 0 saturated carbocycles. The van der Waals surface area contributed by atoms with Crippen molar-refractivity contribution in [3.05, 3.63) is 51.0 Å². The first-order valence-corrected chi connectivity index (χ1v) is 7.10. The Morgan fingerprint density at radius 2 is 2.17 bits per heavy atom. The maximum atomic E-state index is 12.0. The monoisotopic (exact) mass is 317 g/mol. The van der Waals surface area contributed by atoms with Crippen LogP contribution in [0.4, 0.5) is 5.69 Å². The molecule has 9 heteroatoms. The SMILES string of the molecule is CC(C)Cn1ncnc1Cn1c(=O)oc2cc([N+](=O)[O-])ccc21. The van der Waals surface area contributed by atoms with Crippen LogP contribution in [0.3, 0.4) is 0 Å². The van der Waals surface area contributed by atoms with Crippen LogP contribution in [0, 0.1) is 16.0 Å². The largest absolute Gasteiger partial charge is 0.420 e. The third kappa shape index (κ3) is 2.85. The number of aromatic nitrogens is 4. The molecule has 0 aliphatic rings. The van der Waals surface area contributed by atoms with Crippen LogP contribution in [0.2, 0.25) is 0 Å². The Morgan fingerprint density at radius 1 is 1.39 bits per heavy atom. The number of hydrogen-bond acceptors (Lipinski definition) is 6. The van der Waals surface area contributed by atoms with E-state index < -0.39 is 10.7 Å². The second-order valence-electron chi connectivity index (χ2n) is 5.62. The maximum Gasteiger partial charge on any atom is 0.420 e. The summed E-state index contributed by atoms with van der Waals surface area (Å²) in [4.78, 5) is 26.5. The molecule has 0 radical (unpaired) electrons. The predicted molar refractivity (Wildman–Crippen MR) is 81.1 cm³/mol. The Bertz CT molecular complexity index is 921. The molecule has 0 aliphatic carbocycles. The van der Waals surface area contributed by atoms with Gasteiger partial charge in [-0.25, -0.2) is 14.5 Å². The molecule has 0 unspecified atom stereocenters. The summed E-state index contributed by atoms with van der Waals surface area (Å²) in [6, 6.07) is 4.08. The summed E-state index contributed by atoms with van der Waals surface area (Å²) in [5.74, 6) is 0.428. The second-order valence-corrected chi connectivity index (χ2v) is 5.62. The number of nitro benzene ring substituents is 1. The Kier molecular flexibility index (Phi) is 3.68. The van der Waals surface area contributed by atoms with Gasteiger partial charge in [0.25, 0.3) is 5.69 Å². The summed E-state index contributed by atoms with van der Waals surface area (Å²) in [7, 11) is 0. The summed E-state index contributed by atoms with van der Waals surface area (Å²) in [6.45, 7) is 5.00. The predicted octanol–water partition coefficient (Wildman–Crippen LogP) is 1.80. The van der Waals surface area contributed by atoms with E-state index in [1.807, 2.05) is 0 Å². The quantitative estimate of drug-likeness (QED) is 0.524. The third-order valence-electron chi connectivity index (χ3n) is 3.40. The molecule has 0 fully saturated rings. The average Bonchev–Trinajstić information content (AvgIpc) is 3.03. The lowest BCUT2D eigenvalue weighted by Gasteiger charge is -2.08. The van der Waals surface area contributed by atoms with Crippen LogP contribution in [-0.2, 0) is 13.1 Å². The van der Waals surface area contributed by atoms with Crippen molar-refractivity contribution in [1.82, 2.24) is 19.3 Å². The molecule has 23 heavy (non-hydrogen) atoms. The van der Waals surface area contributed by atoms with Gasteiger partial charge >= 0.3 is 5.76 Å². The first-order chi connectivity index (χ1) is 11.0. The molecule has 2 heterocycles. The highest BCUT2D eigenvalue weighted by molar-refractivity contribution is 5.75. The minimum absolute atomic E-state index is 0.124. The molecular formula is C14H15N5O4. The van der Waals surface area contributed by atoms with Crippen molar-refractivity contribution in [3.8, 4) is 0 Å². The molecule has 0 atom stereocenters. The van der Waals surface area contributed by atoms with Crippen LogP contribution in [0.5, 0.6) is 0 Å². The lowest BCUT2D eigenvalue weighted by Crippen LogP contribution is -2.19. The van der Waals surface area contributed by atoms with Crippen molar-refractivity contribution >= 4 is 16.8 Å². The fourth-order valence-corrected chi connectivity index (χ4v) is 2.37. The lowest BCUT2D eigenvalue weighted by atomic mass is 10.2. The van der Waals surface area contributed by atoms with Gasteiger partial charge in [-0.3, -0.25) is 14.7 Å². The topological polar surface area (TPSA) is 109 Å². The van der Waals surface area contributed by atoms with Crippen molar-refractivity contribution in [2.75, 3.05) is 0 Å². The zero-order valence-electron chi connectivity index (χ0n) is 12.7. The number of nitro groups is 1. The molecule has 0 N–H and O–H groups in total. The van der Waals surface area contributed by atoms with Crippen LogP contribution in [0.25, 0.3) is 11.1 Å². The number of fused-ring (bicyclic) bond motifs is 1. The Balaban J connectivity index is 2.01. The van der Waals surface area contributed by atoms with E-state index >= 15 is 0 Å². The van der Waals surface area contributed by atoms with Gasteiger partial charge in [0.2, 0.25) is 0 Å². The molecule has 3 rings (SSSR count). The number of benzene rings is 1. The first-order valence-electron chi connectivity index (χ1n) is 7.10. The number of non-ortho nitro benzene ring substituents is 1. The summed E-state index contributed by atoms with van der Waals surface area (Å²) >= 11 is 0. The standard InChI is InChI=1S/C14H15N5O4/c1-9(2)6-18-13(15-8-16-18)7-17-11-4-3-10(19(21)22)5-12(11)23-14(17)20/h3-5,8-9H,6-7H2,1-2H3. The minimum Gasteiger partial charge on any atom is -0.407 e. The molecule has 3 aromatic rings. The molecule has 1 aromatic carbocycles. The van der Waals surface area contributed by atoms with Gasteiger partial charge in [0.05, 0.1) is 23.1 Å². The van der Waals surface area contributed by atoms with Crippen molar-refractivity contribution in [2.45, 2.75) is 26.9 Å².